The summed E-state index contributed by atoms with van der Waals surface area (Å²) >= 11 is 2.87. The number of anilines is 2. The number of aromatic nitrogens is 8. The lowest BCUT2D eigenvalue weighted by Gasteiger charge is -2.25. The molecule has 1 aliphatic carbocycles. The molecule has 1 aliphatic rings. The number of nitrogens with one attached hydrogen (secondary N) is 2. The Hall–Kier alpha value is -3.52. The highest BCUT2D eigenvalue weighted by Gasteiger charge is 2.28. The first-order valence-corrected chi connectivity index (χ1v) is 13.3. The van der Waals surface area contributed by atoms with Gasteiger partial charge in [-0.2, -0.15) is 10.2 Å². The Bertz CT molecular complexity index is 1250. The van der Waals surface area contributed by atoms with E-state index in [2.05, 4.69) is 41.2 Å². The first kappa shape index (κ1) is 24.2. The summed E-state index contributed by atoms with van der Waals surface area (Å²) in [7, 11) is 3.64. The fourth-order valence-electron chi connectivity index (χ4n) is 4.26. The summed E-state index contributed by atoms with van der Waals surface area (Å²) < 4.78 is 3.34. The van der Waals surface area contributed by atoms with E-state index in [9.17, 15) is 9.59 Å². The molecule has 0 bridgehead atoms. The minimum absolute atomic E-state index is 0.153. The van der Waals surface area contributed by atoms with E-state index in [0.29, 0.717) is 33.5 Å². The quantitative estimate of drug-likeness (QED) is 0.356. The number of nitrogens with zero attached hydrogens (tertiary/aromatic N) is 8. The molecule has 0 atom stereocenters. The molecular weight excluding hydrogens is 500 g/mol. The van der Waals surface area contributed by atoms with Crippen LogP contribution in [0.2, 0.25) is 0 Å². The predicted octanol–water partition coefficient (Wildman–Crippen LogP) is 2.66. The Labute approximate surface area is 215 Å². The van der Waals surface area contributed by atoms with Crippen LogP contribution in [-0.4, -0.2) is 51.8 Å². The Morgan fingerprint density at radius 1 is 0.778 bits per heavy atom. The van der Waals surface area contributed by atoms with Gasteiger partial charge in [0.1, 0.15) is 10.0 Å². The van der Waals surface area contributed by atoms with Crippen LogP contribution in [0.5, 0.6) is 0 Å². The van der Waals surface area contributed by atoms with Crippen molar-refractivity contribution in [2.75, 3.05) is 10.6 Å². The van der Waals surface area contributed by atoms with E-state index < -0.39 is 0 Å². The maximum Gasteiger partial charge on any atom is 0.232 e. The lowest BCUT2D eigenvalue weighted by atomic mass is 9.83. The van der Waals surface area contributed by atoms with Gasteiger partial charge in [0.25, 0.3) is 0 Å². The minimum Gasteiger partial charge on any atom is -0.300 e. The summed E-state index contributed by atoms with van der Waals surface area (Å²) in [5, 5.41) is 34.0. The maximum absolute atomic E-state index is 12.3. The molecule has 0 unspecified atom stereocenters. The van der Waals surface area contributed by atoms with Crippen LogP contribution in [0.4, 0.5) is 10.3 Å². The Morgan fingerprint density at radius 3 is 1.56 bits per heavy atom. The standard InChI is InChI=1S/C22H26N10O2S2/c1-31-9-7-15(29-31)11-17(33)23-21-27-25-19(35-21)13-3-5-14(6-4-13)20-26-28-22(36-20)24-18(34)12-16-8-10-32(2)30-16/h7-10,13-14H,3-6,11-12H2,1-2H3,(H,23,27,33)(H,24,28,34). The molecule has 0 saturated heterocycles. The summed E-state index contributed by atoms with van der Waals surface area (Å²) in [4.78, 5) is 24.5. The average molecular weight is 527 g/mol. The molecule has 14 heteroatoms. The second-order valence-electron chi connectivity index (χ2n) is 8.85. The van der Waals surface area contributed by atoms with Gasteiger partial charge in [-0.05, 0) is 37.8 Å². The molecule has 4 aromatic heterocycles. The molecule has 0 radical (unpaired) electrons. The Morgan fingerprint density at radius 2 is 1.19 bits per heavy atom. The Kier molecular flexibility index (Phi) is 7.13. The molecule has 4 heterocycles. The summed E-state index contributed by atoms with van der Waals surface area (Å²) in [5.74, 6) is 0.315. The molecule has 1 fully saturated rings. The molecule has 0 aliphatic heterocycles. The van der Waals surface area contributed by atoms with Gasteiger partial charge in [-0.1, -0.05) is 22.7 Å². The second kappa shape index (κ2) is 10.6. The maximum atomic E-state index is 12.3. The van der Waals surface area contributed by atoms with Crippen molar-refractivity contribution < 1.29 is 9.59 Å². The van der Waals surface area contributed by atoms with E-state index in [-0.39, 0.29) is 24.7 Å². The van der Waals surface area contributed by atoms with E-state index >= 15 is 0 Å². The third kappa shape index (κ3) is 5.99. The second-order valence-corrected chi connectivity index (χ2v) is 10.9. The van der Waals surface area contributed by atoms with Gasteiger partial charge in [-0.3, -0.25) is 19.0 Å². The van der Waals surface area contributed by atoms with E-state index in [0.717, 1.165) is 35.7 Å². The van der Waals surface area contributed by atoms with Crippen LogP contribution in [0, 0.1) is 0 Å². The fourth-order valence-corrected chi connectivity index (χ4v) is 6.12. The highest BCUT2D eigenvalue weighted by atomic mass is 32.1. The van der Waals surface area contributed by atoms with Gasteiger partial charge < -0.3 is 10.6 Å². The third-order valence-corrected chi connectivity index (χ3v) is 8.02. The molecule has 36 heavy (non-hydrogen) atoms. The third-order valence-electron chi connectivity index (χ3n) is 6.02. The van der Waals surface area contributed by atoms with E-state index in [1.54, 1.807) is 9.36 Å². The van der Waals surface area contributed by atoms with Gasteiger partial charge in [-0.15, -0.1) is 20.4 Å². The van der Waals surface area contributed by atoms with Crippen molar-refractivity contribution >= 4 is 44.8 Å². The zero-order valence-corrected chi connectivity index (χ0v) is 21.6. The molecular formula is C22H26N10O2S2. The number of carbonyl (C=O) groups is 2. The van der Waals surface area contributed by atoms with Crippen molar-refractivity contribution in [3.63, 3.8) is 0 Å². The van der Waals surface area contributed by atoms with Crippen molar-refractivity contribution in [3.8, 4) is 0 Å². The zero-order valence-electron chi connectivity index (χ0n) is 19.9. The first-order valence-electron chi connectivity index (χ1n) is 11.6. The smallest absolute Gasteiger partial charge is 0.232 e. The largest absolute Gasteiger partial charge is 0.300 e. The van der Waals surface area contributed by atoms with Crippen LogP contribution in [0.1, 0.15) is 58.9 Å². The van der Waals surface area contributed by atoms with Crippen LogP contribution in [0.15, 0.2) is 24.5 Å². The van der Waals surface area contributed by atoms with Crippen LogP contribution < -0.4 is 10.6 Å². The fraction of sp³-hybridized carbons (Fsp3) is 0.455. The summed E-state index contributed by atoms with van der Waals surface area (Å²) in [6.07, 6.45) is 7.87. The summed E-state index contributed by atoms with van der Waals surface area (Å²) in [6.45, 7) is 0. The van der Waals surface area contributed by atoms with Gasteiger partial charge in [0.2, 0.25) is 22.1 Å². The summed E-state index contributed by atoms with van der Waals surface area (Å²) in [5.41, 5.74) is 1.43. The van der Waals surface area contributed by atoms with Gasteiger partial charge >= 0.3 is 0 Å². The highest BCUT2D eigenvalue weighted by molar-refractivity contribution is 7.15. The van der Waals surface area contributed by atoms with Crippen molar-refractivity contribution in [1.29, 1.82) is 0 Å². The van der Waals surface area contributed by atoms with Crippen LogP contribution in [0.3, 0.4) is 0 Å². The lowest BCUT2D eigenvalue weighted by molar-refractivity contribution is -0.116. The van der Waals surface area contributed by atoms with E-state index in [1.165, 1.54) is 22.7 Å². The van der Waals surface area contributed by atoms with E-state index in [4.69, 9.17) is 0 Å². The van der Waals surface area contributed by atoms with Gasteiger partial charge in [0.15, 0.2) is 0 Å². The van der Waals surface area contributed by atoms with Gasteiger partial charge in [0.05, 0.1) is 24.2 Å². The number of carbonyl (C=O) groups excluding carboxylic acids is 2. The number of hydrogen-bond donors (Lipinski definition) is 2. The molecule has 2 N–H and O–H groups in total. The molecule has 5 rings (SSSR count). The van der Waals surface area contributed by atoms with E-state index in [1.807, 2.05) is 38.6 Å². The molecule has 0 aromatic carbocycles. The number of hydrogen-bond acceptors (Lipinski definition) is 10. The van der Waals surface area contributed by atoms with Crippen molar-refractivity contribution in [3.05, 3.63) is 45.9 Å². The molecule has 1 saturated carbocycles. The number of rotatable bonds is 8. The minimum atomic E-state index is -0.153. The molecule has 2 amide bonds. The summed E-state index contributed by atoms with van der Waals surface area (Å²) in [6, 6.07) is 3.64. The zero-order chi connectivity index (χ0) is 25.1. The highest BCUT2D eigenvalue weighted by Crippen LogP contribution is 2.42. The average Bonchev–Trinajstić information content (AvgIpc) is 3.64. The van der Waals surface area contributed by atoms with Crippen molar-refractivity contribution in [2.24, 2.45) is 14.1 Å². The van der Waals surface area contributed by atoms with Crippen molar-refractivity contribution in [2.45, 2.75) is 50.4 Å². The monoisotopic (exact) mass is 526 g/mol. The first-order chi connectivity index (χ1) is 17.4. The number of aryl methyl sites for hydroxylation is 2. The molecule has 4 aromatic rings. The molecule has 12 nitrogen and oxygen atoms in total. The lowest BCUT2D eigenvalue weighted by Crippen LogP contribution is -2.14. The predicted molar refractivity (Wildman–Crippen MR) is 135 cm³/mol. The van der Waals surface area contributed by atoms with Gasteiger partial charge in [0, 0.05) is 38.3 Å². The van der Waals surface area contributed by atoms with Crippen molar-refractivity contribution in [1.82, 2.24) is 40.0 Å². The normalized spacial score (nSPS) is 17.7. The van der Waals surface area contributed by atoms with Crippen LogP contribution in [-0.2, 0) is 36.5 Å². The molecule has 0 spiro atoms. The topological polar surface area (TPSA) is 145 Å². The number of amides is 2. The molecule has 188 valence electrons. The van der Waals surface area contributed by atoms with Gasteiger partial charge in [-0.25, -0.2) is 0 Å². The Balaban J connectivity index is 1.09. The van der Waals surface area contributed by atoms with Crippen LogP contribution in [0.25, 0.3) is 0 Å². The SMILES string of the molecule is Cn1ccc(CC(=O)Nc2nnc(C3CCC(c4nnc(NC(=O)Cc5ccn(C)n5)s4)CC3)s2)n1. The van der Waals surface area contributed by atoms with Crippen LogP contribution >= 0.6 is 22.7 Å².